The summed E-state index contributed by atoms with van der Waals surface area (Å²) in [6.07, 6.45) is 5.26. The van der Waals surface area contributed by atoms with Crippen LogP contribution in [0.15, 0.2) is 30.3 Å². The van der Waals surface area contributed by atoms with Crippen molar-refractivity contribution in [3.63, 3.8) is 0 Å². The van der Waals surface area contributed by atoms with Crippen LogP contribution in [0.5, 0.6) is 0 Å². The number of fused-ring (bicyclic) bond motifs is 1. The lowest BCUT2D eigenvalue weighted by Gasteiger charge is -2.30. The zero-order valence-corrected chi connectivity index (χ0v) is 13.4. The van der Waals surface area contributed by atoms with Crippen molar-refractivity contribution in [1.29, 1.82) is 0 Å². The molecular formula is C19H25N3. The Hall–Kier alpha value is -1.61. The molecule has 2 aromatic rings. The smallest absolute Gasteiger partial charge is 0.133 e. The van der Waals surface area contributed by atoms with E-state index in [-0.39, 0.29) is 0 Å². The molecule has 1 aromatic carbocycles. The van der Waals surface area contributed by atoms with E-state index in [0.29, 0.717) is 6.04 Å². The molecule has 116 valence electrons. The summed E-state index contributed by atoms with van der Waals surface area (Å²) in [4.78, 5) is 7.49. The molecule has 2 atom stereocenters. The molecule has 1 aromatic heterocycles. The predicted molar refractivity (Wildman–Crippen MR) is 92.2 cm³/mol. The largest absolute Gasteiger partial charge is 0.356 e. The summed E-state index contributed by atoms with van der Waals surface area (Å²) >= 11 is 0. The number of aromatic nitrogens is 1. The van der Waals surface area contributed by atoms with Gasteiger partial charge in [0.2, 0.25) is 0 Å². The minimum Gasteiger partial charge on any atom is -0.356 e. The first kappa shape index (κ1) is 14.0. The maximum atomic E-state index is 5.00. The van der Waals surface area contributed by atoms with Crippen LogP contribution in [0.3, 0.4) is 0 Å². The summed E-state index contributed by atoms with van der Waals surface area (Å²) < 4.78 is 0. The van der Waals surface area contributed by atoms with Gasteiger partial charge in [-0.3, -0.25) is 0 Å². The van der Waals surface area contributed by atoms with E-state index in [0.717, 1.165) is 31.1 Å². The Bertz CT molecular complexity index is 661. The quantitative estimate of drug-likeness (QED) is 0.931. The molecule has 1 saturated heterocycles. The van der Waals surface area contributed by atoms with Gasteiger partial charge in [0, 0.05) is 36.6 Å². The second kappa shape index (κ2) is 5.88. The van der Waals surface area contributed by atoms with Crippen LogP contribution in [0.2, 0.25) is 0 Å². The molecule has 1 aliphatic carbocycles. The van der Waals surface area contributed by atoms with Crippen molar-refractivity contribution in [2.75, 3.05) is 18.0 Å². The highest BCUT2D eigenvalue weighted by molar-refractivity contribution is 5.81. The van der Waals surface area contributed by atoms with Gasteiger partial charge in [0.05, 0.1) is 5.52 Å². The lowest BCUT2D eigenvalue weighted by molar-refractivity contribution is 0.569. The number of pyridine rings is 1. The van der Waals surface area contributed by atoms with Gasteiger partial charge in [-0.15, -0.1) is 0 Å². The number of piperidine rings is 1. The van der Waals surface area contributed by atoms with Gasteiger partial charge in [0.1, 0.15) is 5.82 Å². The molecule has 3 nitrogen and oxygen atoms in total. The number of para-hydroxylation sites is 1. The van der Waals surface area contributed by atoms with E-state index in [1.54, 1.807) is 0 Å². The standard InChI is InChI=1S/C19H25N3/c1-14-11-18(14)20-13-16-12-15-7-3-4-8-17(15)21-19(16)22-9-5-2-6-10-22/h3-4,7-8,12,14,18,20H,2,5-6,9-11,13H2,1H3. The van der Waals surface area contributed by atoms with E-state index in [4.69, 9.17) is 4.98 Å². The van der Waals surface area contributed by atoms with Crippen molar-refractivity contribution >= 4 is 16.7 Å². The normalized spacial score (nSPS) is 24.7. The Balaban J connectivity index is 1.66. The Kier molecular flexibility index (Phi) is 3.75. The SMILES string of the molecule is CC1CC1NCc1cc2ccccc2nc1N1CCCCC1. The number of rotatable bonds is 4. The zero-order chi connectivity index (χ0) is 14.9. The third kappa shape index (κ3) is 2.82. The molecule has 1 N–H and O–H groups in total. The van der Waals surface area contributed by atoms with Crippen LogP contribution < -0.4 is 10.2 Å². The van der Waals surface area contributed by atoms with Gasteiger partial charge in [0.15, 0.2) is 0 Å². The summed E-state index contributed by atoms with van der Waals surface area (Å²) in [5.41, 5.74) is 2.48. The summed E-state index contributed by atoms with van der Waals surface area (Å²) in [5, 5.41) is 4.95. The van der Waals surface area contributed by atoms with Crippen molar-refractivity contribution in [2.24, 2.45) is 5.92 Å². The molecule has 22 heavy (non-hydrogen) atoms. The first-order chi connectivity index (χ1) is 10.8. The maximum absolute atomic E-state index is 5.00. The van der Waals surface area contributed by atoms with Crippen molar-refractivity contribution in [2.45, 2.75) is 45.2 Å². The molecule has 1 aliphatic heterocycles. The third-order valence-electron chi connectivity index (χ3n) is 5.10. The molecular weight excluding hydrogens is 270 g/mol. The minimum absolute atomic E-state index is 0.709. The van der Waals surface area contributed by atoms with Crippen molar-refractivity contribution in [3.05, 3.63) is 35.9 Å². The fraction of sp³-hybridized carbons (Fsp3) is 0.526. The number of nitrogens with zero attached hydrogens (tertiary/aromatic N) is 2. The lowest BCUT2D eigenvalue weighted by Crippen LogP contribution is -2.32. The Labute approximate surface area is 132 Å². The second-order valence-electron chi connectivity index (χ2n) is 6.91. The molecule has 0 amide bonds. The van der Waals surface area contributed by atoms with Gasteiger partial charge in [-0.2, -0.15) is 0 Å². The Morgan fingerprint density at radius 2 is 1.95 bits per heavy atom. The van der Waals surface area contributed by atoms with Crippen LogP contribution >= 0.6 is 0 Å². The van der Waals surface area contributed by atoms with Crippen LogP contribution in [0.1, 0.15) is 38.2 Å². The van der Waals surface area contributed by atoms with Crippen molar-refractivity contribution in [1.82, 2.24) is 10.3 Å². The summed E-state index contributed by atoms with van der Waals surface area (Å²) in [6, 6.07) is 11.5. The Morgan fingerprint density at radius 3 is 2.73 bits per heavy atom. The van der Waals surface area contributed by atoms with E-state index in [1.165, 1.54) is 42.5 Å². The molecule has 1 saturated carbocycles. The fourth-order valence-electron chi connectivity index (χ4n) is 3.51. The van der Waals surface area contributed by atoms with Crippen LogP contribution in [-0.2, 0) is 6.54 Å². The second-order valence-corrected chi connectivity index (χ2v) is 6.91. The summed E-state index contributed by atoms with van der Waals surface area (Å²) in [7, 11) is 0. The lowest BCUT2D eigenvalue weighted by atomic mass is 10.1. The van der Waals surface area contributed by atoms with E-state index in [9.17, 15) is 0 Å². The molecule has 3 heteroatoms. The van der Waals surface area contributed by atoms with Gasteiger partial charge in [-0.05, 0) is 43.7 Å². The van der Waals surface area contributed by atoms with Gasteiger partial charge < -0.3 is 10.2 Å². The molecule has 2 aliphatic rings. The monoisotopic (exact) mass is 295 g/mol. The van der Waals surface area contributed by atoms with Crippen LogP contribution in [-0.4, -0.2) is 24.1 Å². The summed E-state index contributed by atoms with van der Waals surface area (Å²) in [5.74, 6) is 2.05. The topological polar surface area (TPSA) is 28.2 Å². The number of hydrogen-bond acceptors (Lipinski definition) is 3. The number of hydrogen-bond donors (Lipinski definition) is 1. The van der Waals surface area contributed by atoms with Crippen LogP contribution in [0.25, 0.3) is 10.9 Å². The number of anilines is 1. The third-order valence-corrected chi connectivity index (χ3v) is 5.10. The minimum atomic E-state index is 0.709. The highest BCUT2D eigenvalue weighted by Gasteiger charge is 2.32. The average Bonchev–Trinajstić information content (AvgIpc) is 3.28. The van der Waals surface area contributed by atoms with Gasteiger partial charge in [-0.25, -0.2) is 4.98 Å². The van der Waals surface area contributed by atoms with Crippen LogP contribution in [0.4, 0.5) is 5.82 Å². The van der Waals surface area contributed by atoms with Crippen LogP contribution in [0, 0.1) is 5.92 Å². The molecule has 2 unspecified atom stereocenters. The Morgan fingerprint density at radius 1 is 1.18 bits per heavy atom. The molecule has 2 fully saturated rings. The first-order valence-electron chi connectivity index (χ1n) is 8.68. The molecule has 2 heterocycles. The fourth-order valence-corrected chi connectivity index (χ4v) is 3.51. The van der Waals surface area contributed by atoms with Crippen molar-refractivity contribution < 1.29 is 0 Å². The molecule has 0 bridgehead atoms. The number of benzene rings is 1. The maximum Gasteiger partial charge on any atom is 0.133 e. The van der Waals surface area contributed by atoms with Gasteiger partial charge in [0.25, 0.3) is 0 Å². The molecule has 0 spiro atoms. The zero-order valence-electron chi connectivity index (χ0n) is 13.4. The average molecular weight is 295 g/mol. The molecule has 4 rings (SSSR count). The van der Waals surface area contributed by atoms with Gasteiger partial charge >= 0.3 is 0 Å². The predicted octanol–water partition coefficient (Wildman–Crippen LogP) is 3.72. The van der Waals surface area contributed by atoms with E-state index >= 15 is 0 Å². The van der Waals surface area contributed by atoms with E-state index < -0.39 is 0 Å². The highest BCUT2D eigenvalue weighted by Crippen LogP contribution is 2.31. The highest BCUT2D eigenvalue weighted by atomic mass is 15.2. The van der Waals surface area contributed by atoms with E-state index in [1.807, 2.05) is 0 Å². The van der Waals surface area contributed by atoms with E-state index in [2.05, 4.69) is 47.5 Å². The van der Waals surface area contributed by atoms with Gasteiger partial charge in [-0.1, -0.05) is 25.1 Å². The summed E-state index contributed by atoms with van der Waals surface area (Å²) in [6.45, 7) is 5.57. The number of nitrogens with one attached hydrogen (secondary N) is 1. The molecule has 0 radical (unpaired) electrons. The first-order valence-corrected chi connectivity index (χ1v) is 8.68. The van der Waals surface area contributed by atoms with Crippen molar-refractivity contribution in [3.8, 4) is 0 Å².